The lowest BCUT2D eigenvalue weighted by atomic mass is 9.95. The number of benzene rings is 2. The smallest absolute Gasteiger partial charge is 0.0219 e. The maximum atomic E-state index is 4.04. The molecule has 0 saturated carbocycles. The van der Waals surface area contributed by atoms with Crippen molar-refractivity contribution in [3.8, 4) is 0 Å². The lowest BCUT2D eigenvalue weighted by Gasteiger charge is -2.10. The Hall–Kier alpha value is -2.08. The topological polar surface area (TPSA) is 0 Å². The van der Waals surface area contributed by atoms with Crippen LogP contribution in [0.3, 0.4) is 0 Å². The number of aryl methyl sites for hydroxylation is 1. The van der Waals surface area contributed by atoms with E-state index in [1.807, 2.05) is 0 Å². The third kappa shape index (κ3) is 3.76. The van der Waals surface area contributed by atoms with E-state index in [-0.39, 0.29) is 0 Å². The van der Waals surface area contributed by atoms with Gasteiger partial charge in [-0.3, -0.25) is 0 Å². The monoisotopic (exact) mass is 290 g/mol. The Morgan fingerprint density at radius 2 is 1.68 bits per heavy atom. The Bertz CT molecular complexity index is 715. The summed E-state index contributed by atoms with van der Waals surface area (Å²) in [7, 11) is 0. The molecule has 0 aliphatic rings. The van der Waals surface area contributed by atoms with Crippen LogP contribution in [0.5, 0.6) is 0 Å². The molecule has 0 N–H and O–H groups in total. The third-order valence-corrected chi connectivity index (χ3v) is 4.15. The van der Waals surface area contributed by atoms with Crippen LogP contribution >= 0.6 is 0 Å². The summed E-state index contributed by atoms with van der Waals surface area (Å²) in [5.41, 5.74) is 8.87. The zero-order valence-corrected chi connectivity index (χ0v) is 14.4. The highest BCUT2D eigenvalue weighted by Crippen LogP contribution is 2.25. The van der Waals surface area contributed by atoms with Crippen LogP contribution in [0.1, 0.15) is 61.4 Å². The second-order valence-corrected chi connectivity index (χ2v) is 6.46. The van der Waals surface area contributed by atoms with Crippen LogP contribution in [0, 0.1) is 6.92 Å². The molecule has 2 aromatic carbocycles. The molecule has 0 aromatic heterocycles. The lowest BCUT2D eigenvalue weighted by Crippen LogP contribution is -1.91. The second kappa shape index (κ2) is 6.79. The molecule has 0 heterocycles. The van der Waals surface area contributed by atoms with E-state index in [1.54, 1.807) is 0 Å². The van der Waals surface area contributed by atoms with Crippen LogP contribution in [0.4, 0.5) is 0 Å². The Kier molecular flexibility index (Phi) is 5.03. The van der Waals surface area contributed by atoms with Crippen LogP contribution in [-0.2, 0) is 0 Å². The number of hydrogen-bond acceptors (Lipinski definition) is 0. The van der Waals surface area contributed by atoms with Crippen molar-refractivity contribution in [1.82, 2.24) is 0 Å². The first-order valence-electron chi connectivity index (χ1n) is 7.93. The fourth-order valence-electron chi connectivity index (χ4n) is 2.52. The van der Waals surface area contributed by atoms with Gasteiger partial charge < -0.3 is 0 Å². The molecule has 0 bridgehead atoms. The molecule has 2 rings (SSSR count). The van der Waals surface area contributed by atoms with Gasteiger partial charge in [-0.2, -0.15) is 0 Å². The largest absolute Gasteiger partial charge is 0.0955 e. The van der Waals surface area contributed by atoms with E-state index in [0.717, 1.165) is 5.57 Å². The molecule has 2 aromatic rings. The first-order chi connectivity index (χ1) is 10.4. The number of hydrogen-bond donors (Lipinski definition) is 0. The second-order valence-electron chi connectivity index (χ2n) is 6.46. The minimum atomic E-state index is 0.555. The predicted octanol–water partition coefficient (Wildman–Crippen LogP) is 6.71. The van der Waals surface area contributed by atoms with Crippen molar-refractivity contribution in [2.45, 2.75) is 40.5 Å². The molecule has 0 spiro atoms. The van der Waals surface area contributed by atoms with Crippen LogP contribution in [0.25, 0.3) is 17.2 Å². The Balaban J connectivity index is 2.42. The van der Waals surface area contributed by atoms with E-state index >= 15 is 0 Å². The number of rotatable bonds is 4. The van der Waals surface area contributed by atoms with Gasteiger partial charge in [0, 0.05) is 0 Å². The predicted molar refractivity (Wildman–Crippen MR) is 100.0 cm³/mol. The zero-order valence-electron chi connectivity index (χ0n) is 14.4. The number of allylic oxidation sites excluding steroid dienone is 2. The van der Waals surface area contributed by atoms with Crippen molar-refractivity contribution in [3.63, 3.8) is 0 Å². The maximum Gasteiger partial charge on any atom is -0.0219 e. The maximum absolute atomic E-state index is 4.04. The molecule has 22 heavy (non-hydrogen) atoms. The SMILES string of the molecule is C=C(C)c1cccc(/C(C)=C/c2cc(C(C)C)ccc2C)c1. The normalized spacial score (nSPS) is 11.8. The van der Waals surface area contributed by atoms with E-state index < -0.39 is 0 Å². The molecule has 0 heteroatoms. The van der Waals surface area contributed by atoms with E-state index in [0.29, 0.717) is 5.92 Å². The van der Waals surface area contributed by atoms with Gasteiger partial charge >= 0.3 is 0 Å². The fourth-order valence-corrected chi connectivity index (χ4v) is 2.52. The summed E-state index contributed by atoms with van der Waals surface area (Å²) in [6, 6.07) is 15.4. The van der Waals surface area contributed by atoms with Gasteiger partial charge in [0.05, 0.1) is 0 Å². The lowest BCUT2D eigenvalue weighted by molar-refractivity contribution is 0.865. The van der Waals surface area contributed by atoms with Gasteiger partial charge in [-0.05, 0) is 66.1 Å². The average Bonchev–Trinajstić information content (AvgIpc) is 2.49. The molecule has 0 unspecified atom stereocenters. The van der Waals surface area contributed by atoms with Crippen LogP contribution < -0.4 is 0 Å². The van der Waals surface area contributed by atoms with Crippen LogP contribution in [0.2, 0.25) is 0 Å². The quantitative estimate of drug-likeness (QED) is 0.549. The Morgan fingerprint density at radius 3 is 2.32 bits per heavy atom. The van der Waals surface area contributed by atoms with Gasteiger partial charge in [-0.15, -0.1) is 0 Å². The summed E-state index contributed by atoms with van der Waals surface area (Å²) < 4.78 is 0. The minimum Gasteiger partial charge on any atom is -0.0955 e. The Morgan fingerprint density at radius 1 is 1.00 bits per heavy atom. The summed E-state index contributed by atoms with van der Waals surface area (Å²) in [6.07, 6.45) is 2.29. The molecule has 0 aliphatic heterocycles. The highest BCUT2D eigenvalue weighted by molar-refractivity contribution is 5.82. The standard InChI is InChI=1S/C22H26/c1-15(2)19-8-7-9-21(13-19)18(6)12-22-14-20(16(3)4)11-10-17(22)5/h7-14,16H,1H2,2-6H3/b18-12+. The van der Waals surface area contributed by atoms with E-state index in [4.69, 9.17) is 0 Å². The van der Waals surface area contributed by atoms with Gasteiger partial charge in [0.2, 0.25) is 0 Å². The van der Waals surface area contributed by atoms with Gasteiger partial charge in [0.15, 0.2) is 0 Å². The first kappa shape index (κ1) is 16.3. The molecule has 0 amide bonds. The minimum absolute atomic E-state index is 0.555. The van der Waals surface area contributed by atoms with E-state index in [1.165, 1.54) is 33.4 Å². The molecule has 0 nitrogen and oxygen atoms in total. The van der Waals surface area contributed by atoms with Gasteiger partial charge in [-0.25, -0.2) is 0 Å². The first-order valence-corrected chi connectivity index (χ1v) is 7.93. The molecule has 0 atom stereocenters. The van der Waals surface area contributed by atoms with Crippen molar-refractivity contribution < 1.29 is 0 Å². The molecule has 0 aliphatic carbocycles. The van der Waals surface area contributed by atoms with Gasteiger partial charge in [0.25, 0.3) is 0 Å². The van der Waals surface area contributed by atoms with E-state index in [2.05, 4.69) is 89.7 Å². The molecule has 0 fully saturated rings. The highest BCUT2D eigenvalue weighted by Gasteiger charge is 2.04. The molecular formula is C22H26. The summed E-state index contributed by atoms with van der Waals surface area (Å²) in [4.78, 5) is 0. The van der Waals surface area contributed by atoms with Crippen LogP contribution in [-0.4, -0.2) is 0 Å². The van der Waals surface area contributed by atoms with E-state index in [9.17, 15) is 0 Å². The van der Waals surface area contributed by atoms with Crippen molar-refractivity contribution >= 4 is 17.2 Å². The Labute approximate surface area is 135 Å². The summed E-state index contributed by atoms with van der Waals surface area (Å²) >= 11 is 0. The fraction of sp³-hybridized carbons (Fsp3) is 0.273. The van der Waals surface area contributed by atoms with Crippen molar-refractivity contribution in [2.24, 2.45) is 0 Å². The van der Waals surface area contributed by atoms with Gasteiger partial charge in [-0.1, -0.05) is 68.5 Å². The van der Waals surface area contributed by atoms with Crippen molar-refractivity contribution in [3.05, 3.63) is 76.9 Å². The highest BCUT2D eigenvalue weighted by atomic mass is 14.1. The van der Waals surface area contributed by atoms with Gasteiger partial charge in [0.1, 0.15) is 0 Å². The summed E-state index contributed by atoms with van der Waals surface area (Å²) in [5, 5.41) is 0. The van der Waals surface area contributed by atoms with Crippen molar-refractivity contribution in [1.29, 1.82) is 0 Å². The average molecular weight is 290 g/mol. The van der Waals surface area contributed by atoms with Crippen molar-refractivity contribution in [2.75, 3.05) is 0 Å². The van der Waals surface area contributed by atoms with Crippen LogP contribution in [0.15, 0.2) is 49.0 Å². The summed E-state index contributed by atoms with van der Waals surface area (Å²) in [5.74, 6) is 0.555. The molecule has 0 radical (unpaired) electrons. The molecule has 114 valence electrons. The zero-order chi connectivity index (χ0) is 16.3. The third-order valence-electron chi connectivity index (χ3n) is 4.15. The molecule has 0 saturated heterocycles. The molecular weight excluding hydrogens is 264 g/mol. The summed E-state index contributed by atoms with van der Waals surface area (Å²) in [6.45, 7) is 14.9.